The summed E-state index contributed by atoms with van der Waals surface area (Å²) in [6.45, 7) is 8.67. The Hall–Kier alpha value is -1.57. The van der Waals surface area contributed by atoms with Crippen molar-refractivity contribution < 1.29 is 0 Å². The molecule has 0 radical (unpaired) electrons. The Balaban J connectivity index is 2.35. The molecule has 0 aliphatic carbocycles. The molecular formula is C15H20N2. The third kappa shape index (κ3) is 2.12. The fourth-order valence-corrected chi connectivity index (χ4v) is 2.22. The predicted octanol–water partition coefficient (Wildman–Crippen LogP) is 4.04. The lowest BCUT2D eigenvalue weighted by Gasteiger charge is -2.00. The molecule has 90 valence electrons. The maximum Gasteiger partial charge on any atom is 0.0682 e. The molecule has 1 N–H and O–H groups in total. The Kier molecular flexibility index (Phi) is 3.32. The van der Waals surface area contributed by atoms with Gasteiger partial charge >= 0.3 is 0 Å². The first-order valence-electron chi connectivity index (χ1n) is 6.30. The molecule has 0 bridgehead atoms. The summed E-state index contributed by atoms with van der Waals surface area (Å²) in [7, 11) is 0. The largest absolute Gasteiger partial charge is 0.361 e. The van der Waals surface area contributed by atoms with Crippen LogP contribution in [0.5, 0.6) is 0 Å². The highest BCUT2D eigenvalue weighted by molar-refractivity contribution is 5.87. The van der Waals surface area contributed by atoms with E-state index >= 15 is 0 Å². The average molecular weight is 228 g/mol. The number of nitrogens with one attached hydrogen (secondary N) is 1. The van der Waals surface area contributed by atoms with Crippen molar-refractivity contribution in [3.63, 3.8) is 0 Å². The molecule has 0 aromatic carbocycles. The number of aromatic amines is 1. The molecular weight excluding hydrogens is 208 g/mol. The van der Waals surface area contributed by atoms with E-state index in [1.165, 1.54) is 28.0 Å². The molecule has 2 rings (SSSR count). The second-order valence-corrected chi connectivity index (χ2v) is 4.50. The Morgan fingerprint density at radius 2 is 2.00 bits per heavy atom. The minimum atomic E-state index is 1.05. The number of hydrogen-bond donors (Lipinski definition) is 1. The van der Waals surface area contributed by atoms with Crippen molar-refractivity contribution >= 4 is 12.3 Å². The third-order valence-electron chi connectivity index (χ3n) is 3.56. The molecule has 0 saturated heterocycles. The van der Waals surface area contributed by atoms with Gasteiger partial charge in [0.15, 0.2) is 0 Å². The summed E-state index contributed by atoms with van der Waals surface area (Å²) in [5, 5.41) is 0. The minimum Gasteiger partial charge on any atom is -0.361 e. The number of aliphatic imine (C=N–C) groups is 1. The van der Waals surface area contributed by atoms with Gasteiger partial charge in [-0.05, 0) is 55.0 Å². The first-order chi connectivity index (χ1) is 8.17. The van der Waals surface area contributed by atoms with E-state index in [1.54, 1.807) is 0 Å². The summed E-state index contributed by atoms with van der Waals surface area (Å²) >= 11 is 0. The number of aromatic nitrogens is 1. The highest BCUT2D eigenvalue weighted by atomic mass is 14.8. The van der Waals surface area contributed by atoms with Gasteiger partial charge in [0.1, 0.15) is 0 Å². The predicted molar refractivity (Wildman–Crippen MR) is 74.4 cm³/mol. The van der Waals surface area contributed by atoms with Crippen LogP contribution in [-0.4, -0.2) is 11.2 Å². The fourth-order valence-electron chi connectivity index (χ4n) is 2.22. The number of H-pyrrole nitrogens is 1. The summed E-state index contributed by atoms with van der Waals surface area (Å²) in [6.07, 6.45) is 8.36. The van der Waals surface area contributed by atoms with Gasteiger partial charge in [-0.1, -0.05) is 13.8 Å². The van der Waals surface area contributed by atoms with Crippen molar-refractivity contribution in [2.45, 2.75) is 40.5 Å². The molecule has 1 aromatic heterocycles. The van der Waals surface area contributed by atoms with E-state index in [1.807, 2.05) is 6.21 Å². The number of hydrogen-bond acceptors (Lipinski definition) is 1. The molecule has 2 heteroatoms. The van der Waals surface area contributed by atoms with E-state index in [0.29, 0.717) is 0 Å². The molecule has 0 saturated carbocycles. The van der Waals surface area contributed by atoms with E-state index in [0.717, 1.165) is 18.5 Å². The van der Waals surface area contributed by atoms with Gasteiger partial charge in [0.05, 0.1) is 5.70 Å². The summed E-state index contributed by atoms with van der Waals surface area (Å²) in [5.74, 6) is 0. The molecule has 1 aromatic rings. The summed E-state index contributed by atoms with van der Waals surface area (Å²) in [6, 6.07) is 0. The van der Waals surface area contributed by atoms with Crippen molar-refractivity contribution in [3.8, 4) is 0 Å². The van der Waals surface area contributed by atoms with E-state index in [9.17, 15) is 0 Å². The van der Waals surface area contributed by atoms with Crippen molar-refractivity contribution in [1.29, 1.82) is 0 Å². The van der Waals surface area contributed by atoms with Crippen LogP contribution in [0, 0.1) is 6.92 Å². The molecule has 17 heavy (non-hydrogen) atoms. The van der Waals surface area contributed by atoms with Gasteiger partial charge in [0.2, 0.25) is 0 Å². The number of aryl methyl sites for hydroxylation is 1. The number of nitrogens with zero attached hydrogens (tertiary/aromatic N) is 1. The first-order valence-corrected chi connectivity index (χ1v) is 6.30. The van der Waals surface area contributed by atoms with Crippen molar-refractivity contribution in [1.82, 2.24) is 4.98 Å². The Bertz CT molecular complexity index is 513. The van der Waals surface area contributed by atoms with Gasteiger partial charge in [-0.25, -0.2) is 0 Å². The summed E-state index contributed by atoms with van der Waals surface area (Å²) < 4.78 is 0. The lowest BCUT2D eigenvalue weighted by Crippen LogP contribution is -1.85. The van der Waals surface area contributed by atoms with Crippen LogP contribution in [0.1, 0.15) is 44.0 Å². The van der Waals surface area contributed by atoms with Crippen molar-refractivity contribution in [3.05, 3.63) is 39.9 Å². The fraction of sp³-hybridized carbons (Fsp3) is 0.400. The van der Waals surface area contributed by atoms with Crippen LogP contribution >= 0.6 is 0 Å². The van der Waals surface area contributed by atoms with Crippen molar-refractivity contribution in [2.24, 2.45) is 4.99 Å². The molecule has 0 unspecified atom stereocenters. The maximum atomic E-state index is 4.48. The molecule has 0 fully saturated rings. The standard InChI is InChI=1S/C15H20N2/c1-5-12-8-16-14(10(12)3)7-15-11(4)13(6-2)9-17-15/h7-9,16H,5-6H2,1-4H3/b15-7+. The zero-order valence-corrected chi connectivity index (χ0v) is 11.1. The highest BCUT2D eigenvalue weighted by Gasteiger charge is 2.11. The van der Waals surface area contributed by atoms with Gasteiger partial charge < -0.3 is 4.98 Å². The lowest BCUT2D eigenvalue weighted by molar-refractivity contribution is 1.12. The third-order valence-corrected chi connectivity index (χ3v) is 3.56. The molecule has 0 spiro atoms. The van der Waals surface area contributed by atoms with Crippen LogP contribution in [0.25, 0.3) is 6.08 Å². The molecule has 1 aliphatic rings. The van der Waals surface area contributed by atoms with Gasteiger partial charge in [-0.3, -0.25) is 4.99 Å². The quantitative estimate of drug-likeness (QED) is 0.809. The van der Waals surface area contributed by atoms with Crippen LogP contribution in [0.3, 0.4) is 0 Å². The topological polar surface area (TPSA) is 28.1 Å². The van der Waals surface area contributed by atoms with E-state index in [2.05, 4.69) is 49.9 Å². The molecule has 0 amide bonds. The number of rotatable bonds is 3. The smallest absolute Gasteiger partial charge is 0.0682 e. The van der Waals surface area contributed by atoms with Gasteiger partial charge in [0.25, 0.3) is 0 Å². The first kappa shape index (κ1) is 11.9. The molecule has 0 atom stereocenters. The summed E-state index contributed by atoms with van der Waals surface area (Å²) in [4.78, 5) is 7.81. The second-order valence-electron chi connectivity index (χ2n) is 4.50. The lowest BCUT2D eigenvalue weighted by atomic mass is 10.1. The van der Waals surface area contributed by atoms with Gasteiger partial charge in [-0.2, -0.15) is 0 Å². The monoisotopic (exact) mass is 228 g/mol. The molecule has 2 heterocycles. The van der Waals surface area contributed by atoms with Crippen LogP contribution in [0.2, 0.25) is 0 Å². The number of allylic oxidation sites excluding steroid dienone is 2. The SMILES string of the molecule is CCC1=C(C)/C(=C\c2[nH]cc(CC)c2C)N=C1. The van der Waals surface area contributed by atoms with E-state index in [4.69, 9.17) is 0 Å². The summed E-state index contributed by atoms with van der Waals surface area (Å²) in [5.41, 5.74) is 7.65. The highest BCUT2D eigenvalue weighted by Crippen LogP contribution is 2.26. The molecule has 1 aliphatic heterocycles. The van der Waals surface area contributed by atoms with Crippen LogP contribution in [-0.2, 0) is 6.42 Å². The van der Waals surface area contributed by atoms with Gasteiger partial charge in [-0.15, -0.1) is 0 Å². The van der Waals surface area contributed by atoms with Crippen molar-refractivity contribution in [2.75, 3.05) is 0 Å². The zero-order valence-electron chi connectivity index (χ0n) is 11.1. The normalized spacial score (nSPS) is 17.5. The maximum absolute atomic E-state index is 4.48. The van der Waals surface area contributed by atoms with Crippen LogP contribution in [0.15, 0.2) is 28.0 Å². The molecule has 2 nitrogen and oxygen atoms in total. The Morgan fingerprint density at radius 1 is 1.24 bits per heavy atom. The minimum absolute atomic E-state index is 1.05. The van der Waals surface area contributed by atoms with E-state index < -0.39 is 0 Å². The van der Waals surface area contributed by atoms with Crippen LogP contribution < -0.4 is 0 Å². The average Bonchev–Trinajstić information content (AvgIpc) is 2.85. The van der Waals surface area contributed by atoms with E-state index in [-0.39, 0.29) is 0 Å². The van der Waals surface area contributed by atoms with Gasteiger partial charge in [0, 0.05) is 18.1 Å². The second kappa shape index (κ2) is 4.74. The van der Waals surface area contributed by atoms with Crippen LogP contribution in [0.4, 0.5) is 0 Å². The Morgan fingerprint density at radius 3 is 2.53 bits per heavy atom. The zero-order chi connectivity index (χ0) is 12.4. The Labute approximate surface area is 103 Å².